The van der Waals surface area contributed by atoms with Crippen LogP contribution in [0.3, 0.4) is 0 Å². The summed E-state index contributed by atoms with van der Waals surface area (Å²) in [6, 6.07) is 9.69. The van der Waals surface area contributed by atoms with Crippen LogP contribution >= 0.6 is 0 Å². The second-order valence-electron chi connectivity index (χ2n) is 7.18. The van der Waals surface area contributed by atoms with Crippen molar-refractivity contribution in [1.29, 1.82) is 0 Å². The molecule has 7 heteroatoms. The number of carbonyl (C=O) groups is 2. The van der Waals surface area contributed by atoms with E-state index >= 15 is 0 Å². The van der Waals surface area contributed by atoms with Gasteiger partial charge in [0.25, 0.3) is 11.7 Å². The molecule has 0 aliphatic carbocycles. The van der Waals surface area contributed by atoms with Gasteiger partial charge in [-0.05, 0) is 57.4 Å². The molecule has 3 rings (SSSR count). The van der Waals surface area contributed by atoms with Crippen molar-refractivity contribution in [3.8, 4) is 0 Å². The maximum absolute atomic E-state index is 14.6. The molecule has 2 aromatic rings. The highest BCUT2D eigenvalue weighted by Gasteiger charge is 2.46. The van der Waals surface area contributed by atoms with Crippen molar-refractivity contribution in [2.45, 2.75) is 12.5 Å². The number of aliphatic hydroxyl groups is 1. The van der Waals surface area contributed by atoms with E-state index in [-0.39, 0.29) is 23.2 Å². The van der Waals surface area contributed by atoms with Gasteiger partial charge >= 0.3 is 0 Å². The quantitative estimate of drug-likeness (QED) is 0.459. The Morgan fingerprint density at radius 3 is 2.34 bits per heavy atom. The van der Waals surface area contributed by atoms with Crippen molar-refractivity contribution in [3.63, 3.8) is 0 Å². The Balaban J connectivity index is 2.11. The Morgan fingerprint density at radius 1 is 1.07 bits per heavy atom. The Morgan fingerprint density at radius 2 is 1.72 bits per heavy atom. The molecule has 0 bridgehead atoms. The SMILES string of the molecule is CN(C)CCCN1C(=O)C(=O)/C(=C(/O)c2ccc(F)cc2)[C@H]1c1ccccc1F. The number of likely N-dealkylation sites (tertiary alicyclic amines) is 1. The average molecular weight is 400 g/mol. The summed E-state index contributed by atoms with van der Waals surface area (Å²) in [7, 11) is 3.77. The number of ketones is 1. The smallest absolute Gasteiger partial charge is 0.295 e. The van der Waals surface area contributed by atoms with Gasteiger partial charge in [-0.2, -0.15) is 0 Å². The molecule has 29 heavy (non-hydrogen) atoms. The molecule has 1 amide bonds. The lowest BCUT2D eigenvalue weighted by Crippen LogP contribution is -2.32. The molecule has 0 spiro atoms. The monoisotopic (exact) mass is 400 g/mol. The molecule has 1 heterocycles. The number of rotatable bonds is 6. The van der Waals surface area contributed by atoms with E-state index in [1.54, 1.807) is 6.07 Å². The Hall–Kier alpha value is -3.06. The molecule has 5 nitrogen and oxygen atoms in total. The fraction of sp³-hybridized carbons (Fsp3) is 0.273. The number of nitrogens with zero attached hydrogens (tertiary/aromatic N) is 2. The number of amides is 1. The molecule has 1 atom stereocenters. The highest BCUT2D eigenvalue weighted by molar-refractivity contribution is 6.46. The van der Waals surface area contributed by atoms with Gasteiger partial charge in [-0.3, -0.25) is 9.59 Å². The number of carbonyl (C=O) groups excluding carboxylic acids is 2. The molecule has 0 unspecified atom stereocenters. The number of halogens is 2. The van der Waals surface area contributed by atoms with Crippen LogP contribution < -0.4 is 0 Å². The summed E-state index contributed by atoms with van der Waals surface area (Å²) in [5.74, 6) is -3.21. The van der Waals surface area contributed by atoms with E-state index in [1.807, 2.05) is 19.0 Å². The van der Waals surface area contributed by atoms with Gasteiger partial charge in [0.15, 0.2) is 0 Å². The lowest BCUT2D eigenvalue weighted by molar-refractivity contribution is -0.140. The lowest BCUT2D eigenvalue weighted by atomic mass is 9.95. The number of benzene rings is 2. The molecule has 1 aliphatic rings. The van der Waals surface area contributed by atoms with Crippen LogP contribution in [0, 0.1) is 11.6 Å². The summed E-state index contributed by atoms with van der Waals surface area (Å²) in [4.78, 5) is 28.7. The topological polar surface area (TPSA) is 60.9 Å². The standard InChI is InChI=1S/C22H22F2N2O3/c1-25(2)12-5-13-26-19(16-6-3-4-7-17(16)24)18(21(28)22(26)29)20(27)14-8-10-15(23)11-9-14/h3-4,6-11,19,27H,5,12-13H2,1-2H3/b20-18+/t19-/m1/s1. The molecule has 0 saturated carbocycles. The zero-order valence-corrected chi connectivity index (χ0v) is 16.2. The van der Waals surface area contributed by atoms with Gasteiger partial charge in [0.05, 0.1) is 11.6 Å². The third-order valence-corrected chi connectivity index (χ3v) is 4.86. The highest BCUT2D eigenvalue weighted by atomic mass is 19.1. The first-order chi connectivity index (χ1) is 13.8. The molecule has 1 aliphatic heterocycles. The van der Waals surface area contributed by atoms with Crippen LogP contribution in [-0.4, -0.2) is 53.8 Å². The summed E-state index contributed by atoms with van der Waals surface area (Å²) in [6.45, 7) is 0.896. The molecule has 0 aromatic heterocycles. The molecular weight excluding hydrogens is 378 g/mol. The van der Waals surface area contributed by atoms with Crippen molar-refractivity contribution in [2.75, 3.05) is 27.2 Å². The zero-order chi connectivity index (χ0) is 21.1. The molecule has 0 radical (unpaired) electrons. The van der Waals surface area contributed by atoms with E-state index in [0.29, 0.717) is 13.0 Å². The molecule has 152 valence electrons. The van der Waals surface area contributed by atoms with Gasteiger partial charge in [0.2, 0.25) is 0 Å². The third kappa shape index (κ3) is 4.19. The van der Waals surface area contributed by atoms with Gasteiger partial charge in [-0.15, -0.1) is 0 Å². The van der Waals surface area contributed by atoms with Gasteiger partial charge in [0, 0.05) is 17.7 Å². The first-order valence-corrected chi connectivity index (χ1v) is 9.24. The van der Waals surface area contributed by atoms with Crippen LogP contribution in [0.4, 0.5) is 8.78 Å². The molecule has 1 fully saturated rings. The normalized spacial score (nSPS) is 18.7. The van der Waals surface area contributed by atoms with E-state index in [9.17, 15) is 23.5 Å². The van der Waals surface area contributed by atoms with Gasteiger partial charge in [0.1, 0.15) is 17.4 Å². The zero-order valence-electron chi connectivity index (χ0n) is 16.2. The largest absolute Gasteiger partial charge is 0.507 e. The minimum absolute atomic E-state index is 0.125. The highest BCUT2D eigenvalue weighted by Crippen LogP contribution is 2.40. The second-order valence-corrected chi connectivity index (χ2v) is 7.18. The lowest BCUT2D eigenvalue weighted by Gasteiger charge is -2.26. The van der Waals surface area contributed by atoms with E-state index in [4.69, 9.17) is 0 Å². The van der Waals surface area contributed by atoms with Crippen LogP contribution in [0.2, 0.25) is 0 Å². The summed E-state index contributed by atoms with van der Waals surface area (Å²) in [5.41, 5.74) is 0.107. The van der Waals surface area contributed by atoms with Crippen LogP contribution in [0.1, 0.15) is 23.6 Å². The molecule has 1 saturated heterocycles. The maximum Gasteiger partial charge on any atom is 0.295 e. The van der Waals surface area contributed by atoms with E-state index < -0.39 is 35.1 Å². The fourth-order valence-electron chi connectivity index (χ4n) is 3.45. The van der Waals surface area contributed by atoms with Gasteiger partial charge < -0.3 is 14.9 Å². The van der Waals surface area contributed by atoms with Crippen molar-refractivity contribution in [1.82, 2.24) is 9.80 Å². The van der Waals surface area contributed by atoms with Crippen LogP contribution in [-0.2, 0) is 9.59 Å². The van der Waals surface area contributed by atoms with Gasteiger partial charge in [-0.25, -0.2) is 8.78 Å². The fourth-order valence-corrected chi connectivity index (χ4v) is 3.45. The maximum atomic E-state index is 14.6. The van der Waals surface area contributed by atoms with Crippen LogP contribution in [0.15, 0.2) is 54.1 Å². The molecule has 1 N–H and O–H groups in total. The summed E-state index contributed by atoms with van der Waals surface area (Å²) in [6.07, 6.45) is 0.571. The summed E-state index contributed by atoms with van der Waals surface area (Å²) >= 11 is 0. The Labute approximate surface area is 167 Å². The minimum Gasteiger partial charge on any atom is -0.507 e. The number of Topliss-reactive ketones (excluding diaryl/α,β-unsaturated/α-hetero) is 1. The Kier molecular flexibility index (Phi) is 6.08. The number of hydrogen-bond donors (Lipinski definition) is 1. The van der Waals surface area contributed by atoms with Crippen LogP contribution in [0.5, 0.6) is 0 Å². The third-order valence-electron chi connectivity index (χ3n) is 4.86. The van der Waals surface area contributed by atoms with Gasteiger partial charge in [-0.1, -0.05) is 18.2 Å². The van der Waals surface area contributed by atoms with E-state index in [0.717, 1.165) is 12.1 Å². The predicted molar refractivity (Wildman–Crippen MR) is 105 cm³/mol. The summed E-state index contributed by atoms with van der Waals surface area (Å²) < 4.78 is 27.8. The summed E-state index contributed by atoms with van der Waals surface area (Å²) in [5, 5.41) is 10.8. The van der Waals surface area contributed by atoms with Crippen LogP contribution in [0.25, 0.3) is 5.76 Å². The van der Waals surface area contributed by atoms with Crippen molar-refractivity contribution < 1.29 is 23.5 Å². The predicted octanol–water partition coefficient (Wildman–Crippen LogP) is 3.34. The number of aliphatic hydroxyl groups excluding tert-OH is 1. The minimum atomic E-state index is -1.05. The molecule has 2 aromatic carbocycles. The van der Waals surface area contributed by atoms with E-state index in [2.05, 4.69) is 0 Å². The average Bonchev–Trinajstić information content (AvgIpc) is 2.93. The molecular formula is C22H22F2N2O3. The number of hydrogen-bond acceptors (Lipinski definition) is 4. The van der Waals surface area contributed by atoms with Crippen molar-refractivity contribution in [2.24, 2.45) is 0 Å². The first-order valence-electron chi connectivity index (χ1n) is 9.24. The Bertz CT molecular complexity index is 955. The van der Waals surface area contributed by atoms with E-state index in [1.165, 1.54) is 35.2 Å². The van der Waals surface area contributed by atoms with Crippen molar-refractivity contribution in [3.05, 3.63) is 76.9 Å². The first kappa shape index (κ1) is 20.7. The van der Waals surface area contributed by atoms with Crippen molar-refractivity contribution >= 4 is 17.4 Å². The second kappa shape index (κ2) is 8.53.